The lowest BCUT2D eigenvalue weighted by Crippen LogP contribution is -2.34. The van der Waals surface area contributed by atoms with Crippen molar-refractivity contribution in [2.75, 3.05) is 14.2 Å². The molecule has 0 N–H and O–H groups in total. The van der Waals surface area contributed by atoms with Crippen LogP contribution in [0.5, 0.6) is 0 Å². The number of carbonyl (C=O) groups excluding carboxylic acids is 1. The molecule has 0 aromatic heterocycles. The second kappa shape index (κ2) is 7.88. The number of ether oxygens (including phenoxy) is 3. The van der Waals surface area contributed by atoms with Crippen LogP contribution in [-0.4, -0.2) is 25.8 Å². The van der Waals surface area contributed by atoms with Gasteiger partial charge in [0.15, 0.2) is 0 Å². The van der Waals surface area contributed by atoms with Gasteiger partial charge in [-0.25, -0.2) is 0 Å². The standard InChI is InChI=1S/C18H16.C7H10O4/c1-3-7-15-13(5-1)9-11-18-16-8-4-2-6-14(16)10-12-17(15)18;1-7(10-3)5(8)4-6(9-2)11-7/h1,3,5,7,9-12H,2,4,6,8H2;4H,1-3H3. The van der Waals surface area contributed by atoms with Crippen LogP contribution in [0.15, 0.2) is 60.6 Å². The summed E-state index contributed by atoms with van der Waals surface area (Å²) in [7, 11) is 2.84. The average molecular weight is 390 g/mol. The molecule has 0 spiro atoms. The largest absolute Gasteiger partial charge is 0.469 e. The molecule has 1 atom stereocenters. The fraction of sp³-hybridized carbons (Fsp3) is 0.320. The Hall–Kier alpha value is -2.85. The van der Waals surface area contributed by atoms with Gasteiger partial charge in [0, 0.05) is 14.0 Å². The van der Waals surface area contributed by atoms with Crippen molar-refractivity contribution in [1.82, 2.24) is 0 Å². The van der Waals surface area contributed by atoms with Crippen molar-refractivity contribution in [2.45, 2.75) is 38.4 Å². The van der Waals surface area contributed by atoms with Crippen molar-refractivity contribution >= 4 is 27.3 Å². The Morgan fingerprint density at radius 1 is 0.897 bits per heavy atom. The molecule has 5 rings (SSSR count). The molecule has 2 aliphatic rings. The molecule has 1 aliphatic heterocycles. The Morgan fingerprint density at radius 3 is 2.38 bits per heavy atom. The third-order valence-corrected chi connectivity index (χ3v) is 5.84. The highest BCUT2D eigenvalue weighted by Crippen LogP contribution is 2.33. The lowest BCUT2D eigenvalue weighted by molar-refractivity contribution is -0.194. The SMILES string of the molecule is COC1=CC(=O)C(C)(OC)O1.c1ccc2c(c1)ccc1c3c(ccc12)CCCC3. The van der Waals surface area contributed by atoms with Gasteiger partial charge in [-0.1, -0.05) is 48.5 Å². The second-order valence-corrected chi connectivity index (χ2v) is 7.58. The second-order valence-electron chi connectivity index (χ2n) is 7.58. The minimum Gasteiger partial charge on any atom is -0.469 e. The molecule has 4 heteroatoms. The van der Waals surface area contributed by atoms with Gasteiger partial charge < -0.3 is 14.2 Å². The number of hydrogen-bond acceptors (Lipinski definition) is 4. The van der Waals surface area contributed by atoms with E-state index in [0.29, 0.717) is 0 Å². The van der Waals surface area contributed by atoms with E-state index in [2.05, 4.69) is 48.5 Å². The van der Waals surface area contributed by atoms with Crippen molar-refractivity contribution < 1.29 is 19.0 Å². The van der Waals surface area contributed by atoms with E-state index >= 15 is 0 Å². The van der Waals surface area contributed by atoms with Crippen LogP contribution in [0.3, 0.4) is 0 Å². The fourth-order valence-electron chi connectivity index (χ4n) is 4.10. The van der Waals surface area contributed by atoms with Crippen LogP contribution in [0, 0.1) is 0 Å². The van der Waals surface area contributed by atoms with Crippen molar-refractivity contribution in [3.05, 3.63) is 71.7 Å². The summed E-state index contributed by atoms with van der Waals surface area (Å²) in [6.07, 6.45) is 6.48. The number of benzene rings is 3. The molecule has 1 aliphatic carbocycles. The van der Waals surface area contributed by atoms with Crippen LogP contribution in [0.2, 0.25) is 0 Å². The van der Waals surface area contributed by atoms with Gasteiger partial charge in [0.2, 0.25) is 5.78 Å². The molecule has 1 heterocycles. The van der Waals surface area contributed by atoms with Crippen LogP contribution < -0.4 is 0 Å². The predicted octanol–water partition coefficient (Wildman–Crippen LogP) is 5.31. The highest BCUT2D eigenvalue weighted by Gasteiger charge is 2.41. The Morgan fingerprint density at radius 2 is 1.66 bits per heavy atom. The number of methoxy groups -OCH3 is 2. The Balaban J connectivity index is 0.000000161. The molecule has 0 bridgehead atoms. The number of rotatable bonds is 2. The first kappa shape index (κ1) is 19.5. The molecule has 0 amide bonds. The molecule has 3 aromatic carbocycles. The van der Waals surface area contributed by atoms with E-state index in [0.717, 1.165) is 0 Å². The number of fused-ring (bicyclic) bond motifs is 5. The maximum atomic E-state index is 11.1. The molecule has 0 saturated carbocycles. The van der Waals surface area contributed by atoms with Gasteiger partial charge in [0.1, 0.15) is 0 Å². The quantitative estimate of drug-likeness (QED) is 0.557. The molecule has 150 valence electrons. The van der Waals surface area contributed by atoms with Gasteiger partial charge in [-0.3, -0.25) is 4.79 Å². The minimum atomic E-state index is -1.19. The fourth-order valence-corrected chi connectivity index (χ4v) is 4.10. The van der Waals surface area contributed by atoms with Gasteiger partial charge in [-0.05, 0) is 58.4 Å². The summed E-state index contributed by atoms with van der Waals surface area (Å²) in [6.45, 7) is 1.54. The molecule has 1 unspecified atom stereocenters. The van der Waals surface area contributed by atoms with Crippen LogP contribution in [0.4, 0.5) is 0 Å². The molecule has 0 saturated heterocycles. The van der Waals surface area contributed by atoms with Gasteiger partial charge >= 0.3 is 0 Å². The lowest BCUT2D eigenvalue weighted by Gasteiger charge is -2.20. The van der Waals surface area contributed by atoms with Crippen LogP contribution in [-0.2, 0) is 31.8 Å². The zero-order valence-corrected chi connectivity index (χ0v) is 17.2. The van der Waals surface area contributed by atoms with Gasteiger partial charge in [0.05, 0.1) is 13.2 Å². The zero-order chi connectivity index (χ0) is 20.4. The van der Waals surface area contributed by atoms with Crippen molar-refractivity contribution in [1.29, 1.82) is 0 Å². The summed E-state index contributed by atoms with van der Waals surface area (Å²) in [4.78, 5) is 11.1. The van der Waals surface area contributed by atoms with Gasteiger partial charge in [-0.15, -0.1) is 0 Å². The molecular weight excluding hydrogens is 364 g/mol. The third kappa shape index (κ3) is 3.60. The van der Waals surface area contributed by atoms with Gasteiger partial charge in [0.25, 0.3) is 11.7 Å². The van der Waals surface area contributed by atoms with E-state index in [-0.39, 0.29) is 11.7 Å². The molecular formula is C25H26O4. The molecule has 4 nitrogen and oxygen atoms in total. The number of carbonyl (C=O) groups is 1. The van der Waals surface area contributed by atoms with E-state index in [1.165, 1.54) is 74.4 Å². The van der Waals surface area contributed by atoms with E-state index in [9.17, 15) is 4.79 Å². The predicted molar refractivity (Wildman–Crippen MR) is 115 cm³/mol. The number of aryl methyl sites for hydroxylation is 2. The summed E-state index contributed by atoms with van der Waals surface area (Å²) in [5, 5.41) is 5.64. The lowest BCUT2D eigenvalue weighted by atomic mass is 9.86. The third-order valence-electron chi connectivity index (χ3n) is 5.84. The first-order valence-corrected chi connectivity index (χ1v) is 10.0. The van der Waals surface area contributed by atoms with E-state index < -0.39 is 5.79 Å². The minimum absolute atomic E-state index is 0.194. The summed E-state index contributed by atoms with van der Waals surface area (Å²) >= 11 is 0. The summed E-state index contributed by atoms with van der Waals surface area (Å²) < 4.78 is 14.6. The van der Waals surface area contributed by atoms with E-state index in [1.54, 1.807) is 11.1 Å². The van der Waals surface area contributed by atoms with Crippen LogP contribution in [0.25, 0.3) is 21.5 Å². The average Bonchev–Trinajstić information content (AvgIpc) is 3.08. The topological polar surface area (TPSA) is 44.8 Å². The molecule has 0 radical (unpaired) electrons. The smallest absolute Gasteiger partial charge is 0.285 e. The van der Waals surface area contributed by atoms with Crippen LogP contribution >= 0.6 is 0 Å². The number of ketones is 1. The van der Waals surface area contributed by atoms with Crippen LogP contribution in [0.1, 0.15) is 30.9 Å². The molecule has 3 aromatic rings. The monoisotopic (exact) mass is 390 g/mol. The highest BCUT2D eigenvalue weighted by atomic mass is 16.8. The summed E-state index contributed by atoms with van der Waals surface area (Å²) in [5.74, 6) is -1.23. The summed E-state index contributed by atoms with van der Waals surface area (Å²) in [6, 6.07) is 18.0. The first-order chi connectivity index (χ1) is 14.1. The summed E-state index contributed by atoms with van der Waals surface area (Å²) in [5.41, 5.74) is 3.17. The van der Waals surface area contributed by atoms with Crippen molar-refractivity contribution in [2.24, 2.45) is 0 Å². The normalized spacial score (nSPS) is 20.5. The zero-order valence-electron chi connectivity index (χ0n) is 17.2. The van der Waals surface area contributed by atoms with E-state index in [1.807, 2.05) is 0 Å². The van der Waals surface area contributed by atoms with E-state index in [4.69, 9.17) is 14.2 Å². The number of hydrogen-bond donors (Lipinski definition) is 0. The Kier molecular flexibility index (Phi) is 5.29. The maximum Gasteiger partial charge on any atom is 0.285 e. The maximum absolute atomic E-state index is 11.1. The highest BCUT2D eigenvalue weighted by molar-refractivity contribution is 6.08. The molecule has 29 heavy (non-hydrogen) atoms. The van der Waals surface area contributed by atoms with Crippen molar-refractivity contribution in [3.63, 3.8) is 0 Å². The first-order valence-electron chi connectivity index (χ1n) is 10.0. The Bertz CT molecular complexity index is 1100. The van der Waals surface area contributed by atoms with Crippen molar-refractivity contribution in [3.8, 4) is 0 Å². The molecule has 0 fully saturated rings. The Labute approximate surface area is 171 Å². The van der Waals surface area contributed by atoms with Gasteiger partial charge in [-0.2, -0.15) is 0 Å².